The summed E-state index contributed by atoms with van der Waals surface area (Å²) in [5.41, 5.74) is 0.767. The van der Waals surface area contributed by atoms with Crippen molar-refractivity contribution < 1.29 is 4.42 Å². The van der Waals surface area contributed by atoms with E-state index in [0.29, 0.717) is 5.95 Å². The van der Waals surface area contributed by atoms with Crippen molar-refractivity contribution >= 4 is 51.0 Å². The predicted octanol–water partition coefficient (Wildman–Crippen LogP) is 3.61. The van der Waals surface area contributed by atoms with Crippen LogP contribution >= 0.6 is 39.5 Å². The minimum absolute atomic E-state index is 0.705. The Hall–Kier alpha value is -1.23. The third-order valence-corrected chi connectivity index (χ3v) is 5.54. The van der Waals surface area contributed by atoms with Crippen LogP contribution in [0.15, 0.2) is 32.4 Å². The Morgan fingerprint density at radius 3 is 2.85 bits per heavy atom. The van der Waals surface area contributed by atoms with Crippen LogP contribution in [0.4, 0.5) is 5.95 Å². The number of anilines is 1. The first-order chi connectivity index (χ1) is 12.6. The summed E-state index contributed by atoms with van der Waals surface area (Å²) in [7, 11) is 4.07. The zero-order chi connectivity index (χ0) is 18.5. The molecule has 0 saturated carbocycles. The van der Waals surface area contributed by atoms with Crippen molar-refractivity contribution in [1.29, 1.82) is 0 Å². The van der Waals surface area contributed by atoms with Gasteiger partial charge in [0, 0.05) is 12.3 Å². The van der Waals surface area contributed by atoms with Crippen molar-refractivity contribution in [1.82, 2.24) is 24.5 Å². The maximum Gasteiger partial charge on any atom is 0.228 e. The Bertz CT molecular complexity index is 866. The molecule has 0 bridgehead atoms. The lowest BCUT2D eigenvalue weighted by Gasteiger charge is -2.08. The molecule has 0 radical (unpaired) electrons. The molecule has 0 fully saturated rings. The van der Waals surface area contributed by atoms with Gasteiger partial charge in [-0.1, -0.05) is 11.8 Å². The van der Waals surface area contributed by atoms with Gasteiger partial charge in [0.2, 0.25) is 5.95 Å². The number of aromatic nitrogens is 4. The molecule has 0 spiro atoms. The number of furan rings is 1. The van der Waals surface area contributed by atoms with E-state index in [1.54, 1.807) is 10.7 Å². The standard InChI is InChI=1S/C16H21BrN6OS2/c1-22(2)9-11-4-5-12(24-11)10-26-7-6-18-15-21-16(25-3)20-14-13(17)8-19-23(14)15/h4-5,8H,6-7,9-10H2,1-3H3,(H,18,20,21). The number of nitrogens with one attached hydrogen (secondary N) is 1. The van der Waals surface area contributed by atoms with Crippen LogP contribution in [-0.2, 0) is 12.3 Å². The van der Waals surface area contributed by atoms with E-state index in [1.165, 1.54) is 11.8 Å². The smallest absolute Gasteiger partial charge is 0.228 e. The topological polar surface area (TPSA) is 71.5 Å². The second-order valence-electron chi connectivity index (χ2n) is 5.85. The summed E-state index contributed by atoms with van der Waals surface area (Å²) in [4.78, 5) is 11.1. The lowest BCUT2D eigenvalue weighted by Crippen LogP contribution is -2.12. The van der Waals surface area contributed by atoms with Gasteiger partial charge < -0.3 is 14.6 Å². The molecular weight excluding hydrogens is 436 g/mol. The molecule has 0 aliphatic heterocycles. The molecule has 0 aliphatic carbocycles. The molecule has 0 unspecified atom stereocenters. The highest BCUT2D eigenvalue weighted by molar-refractivity contribution is 9.10. The second kappa shape index (κ2) is 9.12. The summed E-state index contributed by atoms with van der Waals surface area (Å²) in [5, 5.41) is 8.38. The van der Waals surface area contributed by atoms with Crippen LogP contribution in [0, 0.1) is 0 Å². The third-order valence-electron chi connectivity index (χ3n) is 3.45. The summed E-state index contributed by atoms with van der Waals surface area (Å²) in [6.07, 6.45) is 3.69. The summed E-state index contributed by atoms with van der Waals surface area (Å²) in [6, 6.07) is 4.10. The van der Waals surface area contributed by atoms with E-state index in [-0.39, 0.29) is 0 Å². The van der Waals surface area contributed by atoms with Crippen molar-refractivity contribution in [3.05, 3.63) is 34.3 Å². The maximum absolute atomic E-state index is 5.82. The number of halogens is 1. The molecule has 3 aromatic rings. The average Bonchev–Trinajstić information content (AvgIpc) is 3.21. The summed E-state index contributed by atoms with van der Waals surface area (Å²) in [5.74, 6) is 4.51. The van der Waals surface area contributed by atoms with E-state index in [0.717, 1.165) is 51.4 Å². The van der Waals surface area contributed by atoms with Crippen molar-refractivity contribution in [2.24, 2.45) is 0 Å². The first kappa shape index (κ1) is 19.5. The number of rotatable bonds is 9. The molecule has 0 aromatic carbocycles. The second-order valence-corrected chi connectivity index (χ2v) is 8.58. The van der Waals surface area contributed by atoms with Gasteiger partial charge >= 0.3 is 0 Å². The van der Waals surface area contributed by atoms with Crippen molar-refractivity contribution in [2.45, 2.75) is 17.5 Å². The molecule has 26 heavy (non-hydrogen) atoms. The number of fused-ring (bicyclic) bond motifs is 1. The highest BCUT2D eigenvalue weighted by Crippen LogP contribution is 2.21. The summed E-state index contributed by atoms with van der Waals surface area (Å²) < 4.78 is 8.40. The minimum atomic E-state index is 0.705. The van der Waals surface area contributed by atoms with Gasteiger partial charge in [0.15, 0.2) is 10.8 Å². The Kier molecular flexibility index (Phi) is 6.85. The van der Waals surface area contributed by atoms with Gasteiger partial charge in [-0.3, -0.25) is 0 Å². The van der Waals surface area contributed by atoms with E-state index in [4.69, 9.17) is 4.42 Å². The van der Waals surface area contributed by atoms with Crippen LogP contribution in [-0.4, -0.2) is 57.1 Å². The molecule has 3 heterocycles. The van der Waals surface area contributed by atoms with Crippen LogP contribution < -0.4 is 5.32 Å². The number of nitrogens with zero attached hydrogens (tertiary/aromatic N) is 5. The summed E-state index contributed by atoms with van der Waals surface area (Å²) in [6.45, 7) is 1.61. The first-order valence-corrected chi connectivity index (χ1v) is 11.2. The highest BCUT2D eigenvalue weighted by atomic mass is 79.9. The van der Waals surface area contributed by atoms with Crippen LogP contribution in [0.25, 0.3) is 5.65 Å². The van der Waals surface area contributed by atoms with Gasteiger partial charge in [0.1, 0.15) is 11.5 Å². The quantitative estimate of drug-likeness (QED) is 0.386. The van der Waals surface area contributed by atoms with Crippen LogP contribution in [0.5, 0.6) is 0 Å². The van der Waals surface area contributed by atoms with Gasteiger partial charge in [-0.2, -0.15) is 26.4 Å². The molecule has 0 saturated heterocycles. The summed E-state index contributed by atoms with van der Waals surface area (Å²) >= 11 is 6.80. The fraction of sp³-hybridized carbons (Fsp3) is 0.438. The molecule has 0 amide bonds. The van der Waals surface area contributed by atoms with E-state index in [9.17, 15) is 0 Å². The lowest BCUT2D eigenvalue weighted by atomic mass is 10.4. The van der Waals surface area contributed by atoms with Crippen LogP contribution in [0.3, 0.4) is 0 Å². The Morgan fingerprint density at radius 2 is 2.08 bits per heavy atom. The zero-order valence-corrected chi connectivity index (χ0v) is 18.1. The molecule has 140 valence electrons. The number of hydrogen-bond donors (Lipinski definition) is 1. The van der Waals surface area contributed by atoms with Crippen LogP contribution in [0.1, 0.15) is 11.5 Å². The Balaban J connectivity index is 1.51. The molecule has 1 N–H and O–H groups in total. The zero-order valence-electron chi connectivity index (χ0n) is 14.9. The fourth-order valence-corrected chi connectivity index (χ4v) is 3.79. The molecule has 10 heteroatoms. The van der Waals surface area contributed by atoms with Gasteiger partial charge in [-0.05, 0) is 48.4 Å². The van der Waals surface area contributed by atoms with E-state index in [1.807, 2.05) is 38.2 Å². The molecule has 0 aliphatic rings. The van der Waals surface area contributed by atoms with Gasteiger partial charge in [-0.25, -0.2) is 4.98 Å². The number of hydrogen-bond acceptors (Lipinski definition) is 8. The van der Waals surface area contributed by atoms with Gasteiger partial charge in [0.05, 0.1) is 23.0 Å². The highest BCUT2D eigenvalue weighted by Gasteiger charge is 2.11. The normalized spacial score (nSPS) is 11.6. The van der Waals surface area contributed by atoms with Crippen molar-refractivity contribution in [3.63, 3.8) is 0 Å². The van der Waals surface area contributed by atoms with E-state index >= 15 is 0 Å². The molecule has 3 rings (SSSR count). The number of thioether (sulfide) groups is 2. The monoisotopic (exact) mass is 456 g/mol. The lowest BCUT2D eigenvalue weighted by molar-refractivity contribution is 0.344. The van der Waals surface area contributed by atoms with E-state index in [2.05, 4.69) is 47.3 Å². The third kappa shape index (κ3) is 4.93. The molecular formula is C16H21BrN6OS2. The molecule has 7 nitrogen and oxygen atoms in total. The largest absolute Gasteiger partial charge is 0.464 e. The van der Waals surface area contributed by atoms with Crippen LogP contribution in [0.2, 0.25) is 0 Å². The van der Waals surface area contributed by atoms with Gasteiger partial charge in [0.25, 0.3) is 0 Å². The Morgan fingerprint density at radius 1 is 1.27 bits per heavy atom. The molecule has 0 atom stereocenters. The first-order valence-electron chi connectivity index (χ1n) is 8.06. The SMILES string of the molecule is CSc1nc(NCCSCc2ccc(CN(C)C)o2)n2ncc(Br)c2n1. The maximum atomic E-state index is 5.82. The molecule has 3 aromatic heterocycles. The average molecular weight is 457 g/mol. The van der Waals surface area contributed by atoms with Crippen molar-refractivity contribution in [3.8, 4) is 0 Å². The predicted molar refractivity (Wildman–Crippen MR) is 111 cm³/mol. The van der Waals surface area contributed by atoms with E-state index < -0.39 is 0 Å². The fourth-order valence-electron chi connectivity index (χ4n) is 2.34. The Labute approximate surface area is 169 Å². The van der Waals surface area contributed by atoms with Crippen molar-refractivity contribution in [2.75, 3.05) is 38.0 Å². The minimum Gasteiger partial charge on any atom is -0.464 e. The van der Waals surface area contributed by atoms with Gasteiger partial charge in [-0.15, -0.1) is 0 Å².